The molecule has 0 bridgehead atoms. The molecule has 4 rings (SSSR count). The van der Waals surface area contributed by atoms with Crippen molar-refractivity contribution in [2.24, 2.45) is 0 Å². The molecule has 0 aliphatic carbocycles. The fourth-order valence-electron chi connectivity index (χ4n) is 5.12. The summed E-state index contributed by atoms with van der Waals surface area (Å²) in [5.41, 5.74) is 9.60. The van der Waals surface area contributed by atoms with E-state index < -0.39 is 11.9 Å². The number of methoxy groups -OCH3 is 2. The third kappa shape index (κ3) is 15.4. The highest BCUT2D eigenvalue weighted by Crippen LogP contribution is 2.28. The maximum absolute atomic E-state index is 12.3. The number of carbonyl (C=O) groups is 2. The molecule has 0 amide bonds. The summed E-state index contributed by atoms with van der Waals surface area (Å²) in [6.45, 7) is 14.6. The smallest absolute Gasteiger partial charge is 0.356 e. The Morgan fingerprint density at radius 2 is 1.14 bits per heavy atom. The third-order valence-corrected chi connectivity index (χ3v) is 7.54. The SMILES string of the molecule is CC.CC.COC(=O)c1cccc(CN2CCOCCOCCN(C(c3ccc(N)cc3)c3cccc(C(=O)OC)n3)CCOCCOCC2)n1. The molecular formula is C38H57N5O8. The number of pyridine rings is 2. The van der Waals surface area contributed by atoms with Gasteiger partial charge in [-0.2, -0.15) is 0 Å². The third-order valence-electron chi connectivity index (χ3n) is 7.54. The van der Waals surface area contributed by atoms with Crippen LogP contribution in [0.15, 0.2) is 60.7 Å². The molecule has 1 aliphatic heterocycles. The molecule has 3 aromatic rings. The average molecular weight is 712 g/mol. The molecule has 0 spiro atoms. The number of benzene rings is 1. The lowest BCUT2D eigenvalue weighted by Gasteiger charge is -2.32. The second kappa shape index (κ2) is 25.9. The van der Waals surface area contributed by atoms with Crippen LogP contribution in [0, 0.1) is 0 Å². The van der Waals surface area contributed by atoms with Crippen molar-refractivity contribution in [2.75, 3.05) is 99.0 Å². The van der Waals surface area contributed by atoms with Crippen LogP contribution in [0.3, 0.4) is 0 Å². The number of esters is 2. The molecule has 1 fully saturated rings. The van der Waals surface area contributed by atoms with Gasteiger partial charge >= 0.3 is 11.9 Å². The first kappa shape index (κ1) is 43.2. The highest BCUT2D eigenvalue weighted by Gasteiger charge is 2.25. The highest BCUT2D eigenvalue weighted by atomic mass is 16.5. The van der Waals surface area contributed by atoms with Crippen LogP contribution in [0.25, 0.3) is 0 Å². The summed E-state index contributed by atoms with van der Waals surface area (Å²) < 4.78 is 33.5. The number of aromatic nitrogens is 2. The first-order valence-electron chi connectivity index (χ1n) is 17.7. The van der Waals surface area contributed by atoms with Crippen LogP contribution in [0.4, 0.5) is 5.69 Å². The van der Waals surface area contributed by atoms with Crippen LogP contribution >= 0.6 is 0 Å². The maximum Gasteiger partial charge on any atom is 0.356 e. The van der Waals surface area contributed by atoms with Gasteiger partial charge in [-0.25, -0.2) is 19.6 Å². The molecule has 13 nitrogen and oxygen atoms in total. The Bertz CT molecular complexity index is 1370. The molecule has 3 heterocycles. The summed E-state index contributed by atoms with van der Waals surface area (Å²) in [5, 5.41) is 0. The Kier molecular flexibility index (Phi) is 21.9. The number of nitrogens with two attached hydrogens (primary N) is 1. The van der Waals surface area contributed by atoms with E-state index in [0.29, 0.717) is 97.0 Å². The lowest BCUT2D eigenvalue weighted by molar-refractivity contribution is 0.00330. The van der Waals surface area contributed by atoms with Crippen molar-refractivity contribution in [1.82, 2.24) is 19.8 Å². The van der Waals surface area contributed by atoms with Gasteiger partial charge in [-0.1, -0.05) is 52.0 Å². The van der Waals surface area contributed by atoms with E-state index in [2.05, 4.69) is 19.8 Å². The first-order chi connectivity index (χ1) is 25.0. The molecule has 2 N–H and O–H groups in total. The molecule has 1 aliphatic rings. The number of hydrogen-bond acceptors (Lipinski definition) is 13. The van der Waals surface area contributed by atoms with Gasteiger partial charge in [-0.05, 0) is 42.0 Å². The Balaban J connectivity index is 0.00000217. The van der Waals surface area contributed by atoms with Gasteiger partial charge in [0.25, 0.3) is 0 Å². The van der Waals surface area contributed by atoms with Crippen LogP contribution in [-0.4, -0.2) is 125 Å². The van der Waals surface area contributed by atoms with Gasteiger partial charge in [0.1, 0.15) is 11.4 Å². The summed E-state index contributed by atoms with van der Waals surface area (Å²) in [6, 6.07) is 18.0. The number of ether oxygens (including phenoxy) is 6. The average Bonchev–Trinajstić information content (AvgIpc) is 3.18. The molecule has 51 heavy (non-hydrogen) atoms. The number of nitrogens with zero attached hydrogens (tertiary/aromatic N) is 4. The minimum absolute atomic E-state index is 0.234. The molecule has 0 radical (unpaired) electrons. The zero-order valence-corrected chi connectivity index (χ0v) is 31.2. The second-order valence-electron chi connectivity index (χ2n) is 10.8. The van der Waals surface area contributed by atoms with Crippen molar-refractivity contribution in [3.8, 4) is 0 Å². The quantitative estimate of drug-likeness (QED) is 0.268. The number of carbonyl (C=O) groups excluding carboxylic acids is 2. The zero-order valence-electron chi connectivity index (χ0n) is 31.2. The fraction of sp³-hybridized carbons (Fsp3) is 0.526. The fourth-order valence-corrected chi connectivity index (χ4v) is 5.12. The predicted molar refractivity (Wildman–Crippen MR) is 197 cm³/mol. The second-order valence-corrected chi connectivity index (χ2v) is 10.8. The van der Waals surface area contributed by atoms with Crippen LogP contribution in [0.5, 0.6) is 0 Å². The normalized spacial score (nSPS) is 16.4. The van der Waals surface area contributed by atoms with Crippen molar-refractivity contribution >= 4 is 17.6 Å². The van der Waals surface area contributed by atoms with E-state index in [1.54, 1.807) is 24.3 Å². The molecule has 1 saturated heterocycles. The van der Waals surface area contributed by atoms with Gasteiger partial charge in [0.05, 0.1) is 84.5 Å². The standard InChI is InChI=1S/C34H45N5O8.2C2H6/c1-42-33(40)30-7-3-5-28(36-30)25-38-13-17-44-21-23-46-19-15-39(16-20-47-24-22-45-18-14-38)32(26-9-11-27(35)12-10-26)29-6-4-8-31(37-29)34(41)43-2;2*1-2/h3-12,32H,13-25,35H2,1-2H3;2*1-2H3. The van der Waals surface area contributed by atoms with Gasteiger partial charge in [-0.15, -0.1) is 0 Å². The van der Waals surface area contributed by atoms with Gasteiger partial charge in [0.2, 0.25) is 0 Å². The van der Waals surface area contributed by atoms with Gasteiger partial charge < -0.3 is 34.2 Å². The molecule has 0 saturated carbocycles. The summed E-state index contributed by atoms with van der Waals surface area (Å²) in [6.07, 6.45) is 0. The highest BCUT2D eigenvalue weighted by molar-refractivity contribution is 5.87. The molecule has 1 unspecified atom stereocenters. The van der Waals surface area contributed by atoms with Crippen LogP contribution in [-0.2, 0) is 35.0 Å². The van der Waals surface area contributed by atoms with Crippen molar-refractivity contribution in [3.63, 3.8) is 0 Å². The van der Waals surface area contributed by atoms with Crippen molar-refractivity contribution < 1.29 is 38.0 Å². The minimum atomic E-state index is -0.498. The largest absolute Gasteiger partial charge is 0.464 e. The van der Waals surface area contributed by atoms with E-state index in [-0.39, 0.29) is 17.4 Å². The summed E-state index contributed by atoms with van der Waals surface area (Å²) >= 11 is 0. The van der Waals surface area contributed by atoms with E-state index in [1.165, 1.54) is 14.2 Å². The van der Waals surface area contributed by atoms with Crippen LogP contribution in [0.2, 0.25) is 0 Å². The number of rotatable bonds is 7. The van der Waals surface area contributed by atoms with Crippen LogP contribution in [0.1, 0.15) is 71.7 Å². The van der Waals surface area contributed by atoms with Crippen molar-refractivity contribution in [2.45, 2.75) is 40.3 Å². The van der Waals surface area contributed by atoms with E-state index in [9.17, 15) is 9.59 Å². The molecule has 282 valence electrons. The zero-order chi connectivity index (χ0) is 37.3. The van der Waals surface area contributed by atoms with Crippen molar-refractivity contribution in [3.05, 3.63) is 89.0 Å². The topological polar surface area (TPSA) is 148 Å². The van der Waals surface area contributed by atoms with Crippen LogP contribution < -0.4 is 5.73 Å². The Labute approximate surface area is 303 Å². The summed E-state index contributed by atoms with van der Waals surface area (Å²) in [5.74, 6) is -0.964. The molecule has 2 aromatic heterocycles. The summed E-state index contributed by atoms with van der Waals surface area (Å²) in [4.78, 5) is 37.7. The molecular weight excluding hydrogens is 654 g/mol. The number of hydrogen-bond donors (Lipinski definition) is 1. The minimum Gasteiger partial charge on any atom is -0.464 e. The first-order valence-corrected chi connectivity index (χ1v) is 17.7. The van der Waals surface area contributed by atoms with E-state index >= 15 is 0 Å². The van der Waals surface area contributed by atoms with Gasteiger partial charge in [-0.3, -0.25) is 9.80 Å². The number of anilines is 1. The van der Waals surface area contributed by atoms with Gasteiger partial charge in [0.15, 0.2) is 0 Å². The Morgan fingerprint density at radius 3 is 1.65 bits per heavy atom. The lowest BCUT2D eigenvalue weighted by Crippen LogP contribution is -2.36. The molecule has 13 heteroatoms. The number of nitrogen functional groups attached to an aromatic ring is 1. The predicted octanol–water partition coefficient (Wildman–Crippen LogP) is 4.66. The molecule has 1 aromatic carbocycles. The summed E-state index contributed by atoms with van der Waals surface area (Å²) in [7, 11) is 2.68. The van der Waals surface area contributed by atoms with E-state index in [0.717, 1.165) is 11.3 Å². The molecule has 1 atom stereocenters. The van der Waals surface area contributed by atoms with Gasteiger partial charge in [0, 0.05) is 38.4 Å². The Morgan fingerprint density at radius 1 is 0.667 bits per heavy atom. The van der Waals surface area contributed by atoms with E-state index in [1.807, 2.05) is 64.1 Å². The van der Waals surface area contributed by atoms with E-state index in [4.69, 9.17) is 34.2 Å². The maximum atomic E-state index is 12.3. The lowest BCUT2D eigenvalue weighted by atomic mass is 10.0. The van der Waals surface area contributed by atoms with Crippen molar-refractivity contribution in [1.29, 1.82) is 0 Å². The Hall–Kier alpha value is -3.98. The monoisotopic (exact) mass is 711 g/mol.